The maximum absolute atomic E-state index is 12.4. The third-order valence-corrected chi connectivity index (χ3v) is 4.26. The van der Waals surface area contributed by atoms with Crippen LogP contribution in [0.2, 0.25) is 0 Å². The van der Waals surface area contributed by atoms with Crippen molar-refractivity contribution in [1.82, 2.24) is 0 Å². The minimum Gasteiger partial charge on any atom is -0.322 e. The van der Waals surface area contributed by atoms with Crippen LogP contribution < -0.4 is 10.2 Å². The van der Waals surface area contributed by atoms with Gasteiger partial charge >= 0.3 is 0 Å². The van der Waals surface area contributed by atoms with Crippen LogP contribution in [0.25, 0.3) is 0 Å². The molecule has 0 fully saturated rings. The van der Waals surface area contributed by atoms with Crippen LogP contribution in [0.3, 0.4) is 0 Å². The quantitative estimate of drug-likeness (QED) is 0.682. The van der Waals surface area contributed by atoms with Crippen molar-refractivity contribution in [2.45, 2.75) is 19.9 Å². The van der Waals surface area contributed by atoms with E-state index in [-0.39, 0.29) is 11.8 Å². The summed E-state index contributed by atoms with van der Waals surface area (Å²) in [5, 5.41) is 2.87. The van der Waals surface area contributed by atoms with Crippen molar-refractivity contribution in [3.05, 3.63) is 96.1 Å². The van der Waals surface area contributed by atoms with E-state index >= 15 is 0 Å². The Bertz CT molecular complexity index is 891. The van der Waals surface area contributed by atoms with Gasteiger partial charge in [0.2, 0.25) is 5.91 Å². The van der Waals surface area contributed by atoms with Crippen LogP contribution in [-0.4, -0.2) is 11.8 Å². The van der Waals surface area contributed by atoms with E-state index in [0.29, 0.717) is 18.5 Å². The molecule has 0 saturated heterocycles. The molecule has 0 heterocycles. The van der Waals surface area contributed by atoms with Crippen LogP contribution in [0, 0.1) is 0 Å². The fourth-order valence-electron chi connectivity index (χ4n) is 2.79. The molecule has 0 aliphatic heterocycles. The van der Waals surface area contributed by atoms with Gasteiger partial charge in [-0.3, -0.25) is 9.59 Å². The Hall–Kier alpha value is -3.40. The number of carbonyl (C=O) groups is 2. The van der Waals surface area contributed by atoms with Gasteiger partial charge in [0.15, 0.2) is 0 Å². The number of amides is 2. The van der Waals surface area contributed by atoms with Gasteiger partial charge in [-0.15, -0.1) is 0 Å². The van der Waals surface area contributed by atoms with Crippen molar-refractivity contribution in [2.75, 3.05) is 10.2 Å². The van der Waals surface area contributed by atoms with Gasteiger partial charge < -0.3 is 10.2 Å². The first-order chi connectivity index (χ1) is 13.2. The molecule has 4 heteroatoms. The number of rotatable bonds is 6. The van der Waals surface area contributed by atoms with Crippen molar-refractivity contribution in [1.29, 1.82) is 0 Å². The molecule has 0 radical (unpaired) electrons. The van der Waals surface area contributed by atoms with E-state index in [1.807, 2.05) is 79.7 Å². The minimum atomic E-state index is -0.155. The van der Waals surface area contributed by atoms with Gasteiger partial charge in [0.1, 0.15) is 0 Å². The molecule has 3 aromatic carbocycles. The maximum Gasteiger partial charge on any atom is 0.255 e. The topological polar surface area (TPSA) is 49.4 Å². The number of anilines is 2. The number of hydrogen-bond donors (Lipinski definition) is 1. The zero-order chi connectivity index (χ0) is 19.1. The van der Waals surface area contributed by atoms with Crippen LogP contribution in [0.4, 0.5) is 11.4 Å². The van der Waals surface area contributed by atoms with Crippen LogP contribution in [0.5, 0.6) is 0 Å². The fourth-order valence-corrected chi connectivity index (χ4v) is 2.79. The van der Waals surface area contributed by atoms with Crippen molar-refractivity contribution < 1.29 is 9.59 Å². The molecule has 136 valence electrons. The van der Waals surface area contributed by atoms with Gasteiger partial charge in [-0.25, -0.2) is 0 Å². The highest BCUT2D eigenvalue weighted by atomic mass is 16.2. The fraction of sp³-hybridized carbons (Fsp3) is 0.130. The van der Waals surface area contributed by atoms with Crippen molar-refractivity contribution >= 4 is 23.2 Å². The van der Waals surface area contributed by atoms with Gasteiger partial charge in [0, 0.05) is 23.4 Å². The Morgan fingerprint density at radius 3 is 2.00 bits per heavy atom. The van der Waals surface area contributed by atoms with Gasteiger partial charge in [-0.2, -0.15) is 0 Å². The van der Waals surface area contributed by atoms with E-state index in [9.17, 15) is 9.59 Å². The predicted molar refractivity (Wildman–Crippen MR) is 109 cm³/mol. The lowest BCUT2D eigenvalue weighted by Gasteiger charge is -2.22. The Kier molecular flexibility index (Phi) is 6.00. The largest absolute Gasteiger partial charge is 0.322 e. The highest BCUT2D eigenvalue weighted by molar-refractivity contribution is 6.04. The number of nitrogens with zero attached hydrogens (tertiary/aromatic N) is 1. The monoisotopic (exact) mass is 358 g/mol. The molecular weight excluding hydrogens is 336 g/mol. The average molecular weight is 358 g/mol. The first kappa shape index (κ1) is 18.4. The zero-order valence-corrected chi connectivity index (χ0v) is 15.3. The average Bonchev–Trinajstić information content (AvgIpc) is 2.73. The number of hydrogen-bond acceptors (Lipinski definition) is 2. The molecule has 0 atom stereocenters. The summed E-state index contributed by atoms with van der Waals surface area (Å²) < 4.78 is 0. The lowest BCUT2D eigenvalue weighted by Crippen LogP contribution is -2.29. The predicted octanol–water partition coefficient (Wildman–Crippen LogP) is 4.88. The molecule has 0 aliphatic carbocycles. The van der Waals surface area contributed by atoms with Gasteiger partial charge in [-0.1, -0.05) is 55.5 Å². The standard InChI is InChI=1S/C23H22N2O2/c1-2-22(26)25(21-11-7-4-8-12-21)17-18-13-15-19(16-14-18)23(27)24-20-9-5-3-6-10-20/h3-16H,2,17H2,1H3,(H,24,27). The number of para-hydroxylation sites is 2. The van der Waals surface area contributed by atoms with E-state index in [1.54, 1.807) is 17.0 Å². The molecule has 3 aromatic rings. The summed E-state index contributed by atoms with van der Waals surface area (Å²) in [7, 11) is 0. The Labute approximate surface area is 159 Å². The Morgan fingerprint density at radius 2 is 1.41 bits per heavy atom. The van der Waals surface area contributed by atoms with Gasteiger partial charge in [0.05, 0.1) is 6.54 Å². The minimum absolute atomic E-state index is 0.0621. The number of benzene rings is 3. The molecule has 0 unspecified atom stereocenters. The smallest absolute Gasteiger partial charge is 0.255 e. The summed E-state index contributed by atoms with van der Waals surface area (Å²) in [6.07, 6.45) is 0.437. The molecular formula is C23H22N2O2. The lowest BCUT2D eigenvalue weighted by atomic mass is 10.1. The molecule has 0 aromatic heterocycles. The normalized spacial score (nSPS) is 10.3. The Balaban J connectivity index is 1.72. The van der Waals surface area contributed by atoms with Crippen molar-refractivity contribution in [3.8, 4) is 0 Å². The second kappa shape index (κ2) is 8.81. The second-order valence-corrected chi connectivity index (χ2v) is 6.19. The summed E-state index contributed by atoms with van der Waals surface area (Å²) in [6, 6.07) is 26.3. The van der Waals surface area contributed by atoms with Gasteiger partial charge in [0.25, 0.3) is 5.91 Å². The molecule has 27 heavy (non-hydrogen) atoms. The lowest BCUT2D eigenvalue weighted by molar-refractivity contribution is -0.118. The second-order valence-electron chi connectivity index (χ2n) is 6.19. The number of nitrogens with one attached hydrogen (secondary N) is 1. The van der Waals surface area contributed by atoms with Crippen LogP contribution in [-0.2, 0) is 11.3 Å². The third-order valence-electron chi connectivity index (χ3n) is 4.26. The third kappa shape index (κ3) is 4.82. The van der Waals surface area contributed by atoms with Crippen LogP contribution in [0.1, 0.15) is 29.3 Å². The molecule has 0 saturated carbocycles. The molecule has 2 amide bonds. The molecule has 0 bridgehead atoms. The van der Waals surface area contributed by atoms with Crippen molar-refractivity contribution in [2.24, 2.45) is 0 Å². The molecule has 1 N–H and O–H groups in total. The highest BCUT2D eigenvalue weighted by Gasteiger charge is 2.14. The number of carbonyl (C=O) groups excluding carboxylic acids is 2. The van der Waals surface area contributed by atoms with E-state index in [4.69, 9.17) is 0 Å². The zero-order valence-electron chi connectivity index (χ0n) is 15.3. The van der Waals surface area contributed by atoms with E-state index < -0.39 is 0 Å². The summed E-state index contributed by atoms with van der Waals surface area (Å²) in [4.78, 5) is 26.5. The van der Waals surface area contributed by atoms with Gasteiger partial charge in [-0.05, 0) is 42.0 Å². The summed E-state index contributed by atoms with van der Waals surface area (Å²) >= 11 is 0. The SMILES string of the molecule is CCC(=O)N(Cc1ccc(C(=O)Nc2ccccc2)cc1)c1ccccc1. The van der Waals surface area contributed by atoms with Crippen molar-refractivity contribution in [3.63, 3.8) is 0 Å². The highest BCUT2D eigenvalue weighted by Crippen LogP contribution is 2.19. The molecule has 0 spiro atoms. The first-order valence-corrected chi connectivity index (χ1v) is 8.98. The molecule has 4 nitrogen and oxygen atoms in total. The summed E-state index contributed by atoms with van der Waals surface area (Å²) in [5.41, 5.74) is 3.18. The van der Waals surface area contributed by atoms with E-state index in [0.717, 1.165) is 16.9 Å². The molecule has 3 rings (SSSR count). The van der Waals surface area contributed by atoms with Crippen LogP contribution >= 0.6 is 0 Å². The first-order valence-electron chi connectivity index (χ1n) is 8.98. The Morgan fingerprint density at radius 1 is 0.815 bits per heavy atom. The maximum atomic E-state index is 12.4. The summed E-state index contributed by atoms with van der Waals surface area (Å²) in [5.74, 6) is -0.0932. The summed E-state index contributed by atoms with van der Waals surface area (Å²) in [6.45, 7) is 2.33. The van der Waals surface area contributed by atoms with E-state index in [2.05, 4.69) is 5.32 Å². The van der Waals surface area contributed by atoms with Crippen LogP contribution in [0.15, 0.2) is 84.9 Å². The van der Waals surface area contributed by atoms with E-state index in [1.165, 1.54) is 0 Å². The molecule has 0 aliphatic rings.